The van der Waals surface area contributed by atoms with Crippen LogP contribution in [0.15, 0.2) is 10.8 Å². The van der Waals surface area contributed by atoms with Crippen molar-refractivity contribution >= 4 is 5.91 Å². The molecule has 4 rings (SSSR count). The molecule has 0 unspecified atom stereocenters. The van der Waals surface area contributed by atoms with Crippen LogP contribution in [0.4, 0.5) is 0 Å². The number of amides is 1. The summed E-state index contributed by atoms with van der Waals surface area (Å²) in [6, 6.07) is 0.586. The second-order valence-electron chi connectivity index (χ2n) is 7.24. The monoisotopic (exact) mass is 319 g/mol. The van der Waals surface area contributed by atoms with Crippen LogP contribution >= 0.6 is 0 Å². The average Bonchev–Trinajstić information content (AvgIpc) is 3.26. The summed E-state index contributed by atoms with van der Waals surface area (Å²) in [5.74, 6) is 0.695. The lowest BCUT2D eigenvalue weighted by atomic mass is 9.70. The number of aromatic nitrogens is 1. The zero-order valence-electron chi connectivity index (χ0n) is 14.0. The topological polar surface area (TPSA) is 58.8 Å². The van der Waals surface area contributed by atoms with Gasteiger partial charge in [0, 0.05) is 31.6 Å². The van der Waals surface area contributed by atoms with Crippen molar-refractivity contribution in [2.24, 2.45) is 11.3 Å². The molecule has 1 aromatic rings. The molecule has 3 aliphatic heterocycles. The Bertz CT molecular complexity index is 592. The third-order valence-electron chi connectivity index (χ3n) is 6.26. The van der Waals surface area contributed by atoms with Crippen molar-refractivity contribution in [1.29, 1.82) is 0 Å². The maximum Gasteiger partial charge on any atom is 0.259 e. The van der Waals surface area contributed by atoms with Crippen molar-refractivity contribution in [2.45, 2.75) is 32.7 Å². The second kappa shape index (κ2) is 5.60. The molecule has 0 aromatic carbocycles. The fraction of sp³-hybridized carbons (Fsp3) is 0.765. The van der Waals surface area contributed by atoms with Crippen LogP contribution in [0.2, 0.25) is 0 Å². The Balaban J connectivity index is 1.47. The van der Waals surface area contributed by atoms with Crippen molar-refractivity contribution in [3.63, 3.8) is 0 Å². The fourth-order valence-electron chi connectivity index (χ4n) is 4.83. The van der Waals surface area contributed by atoms with Crippen molar-refractivity contribution in [3.8, 4) is 0 Å². The van der Waals surface area contributed by atoms with Crippen LogP contribution in [0.25, 0.3) is 0 Å². The number of carbonyl (C=O) groups excluding carboxylic acids is 1. The number of likely N-dealkylation sites (tertiary alicyclic amines) is 2. The number of hydrogen-bond acceptors (Lipinski definition) is 5. The molecule has 6 nitrogen and oxygen atoms in total. The number of rotatable bonds is 2. The first-order chi connectivity index (χ1) is 11.1. The molecule has 0 bridgehead atoms. The predicted molar refractivity (Wildman–Crippen MR) is 84.2 cm³/mol. The molecule has 4 heterocycles. The predicted octanol–water partition coefficient (Wildman–Crippen LogP) is 1.56. The van der Waals surface area contributed by atoms with E-state index in [0.29, 0.717) is 28.6 Å². The molecule has 6 heteroatoms. The zero-order valence-corrected chi connectivity index (χ0v) is 14.0. The summed E-state index contributed by atoms with van der Waals surface area (Å²) in [5, 5.41) is 3.82. The van der Waals surface area contributed by atoms with Crippen LogP contribution in [-0.4, -0.2) is 66.3 Å². The van der Waals surface area contributed by atoms with Crippen molar-refractivity contribution in [3.05, 3.63) is 17.5 Å². The summed E-state index contributed by atoms with van der Waals surface area (Å²) in [4.78, 5) is 17.2. The largest absolute Gasteiger partial charge is 0.379 e. The van der Waals surface area contributed by atoms with E-state index in [1.54, 1.807) is 0 Å². The van der Waals surface area contributed by atoms with Gasteiger partial charge in [-0.3, -0.25) is 9.69 Å². The first-order valence-electron chi connectivity index (χ1n) is 8.67. The van der Waals surface area contributed by atoms with Crippen LogP contribution in [-0.2, 0) is 4.74 Å². The van der Waals surface area contributed by atoms with E-state index in [4.69, 9.17) is 9.26 Å². The lowest BCUT2D eigenvalue weighted by Gasteiger charge is -2.42. The summed E-state index contributed by atoms with van der Waals surface area (Å²) < 4.78 is 10.7. The van der Waals surface area contributed by atoms with E-state index in [1.807, 2.05) is 11.8 Å². The number of fused-ring (bicyclic) bond motifs is 2. The summed E-state index contributed by atoms with van der Waals surface area (Å²) in [7, 11) is 0. The molecule has 1 spiro atoms. The summed E-state index contributed by atoms with van der Waals surface area (Å²) in [6.45, 7) is 9.73. The Morgan fingerprint density at radius 3 is 2.83 bits per heavy atom. The Labute approximate surface area is 136 Å². The van der Waals surface area contributed by atoms with Gasteiger partial charge in [0.05, 0.1) is 18.9 Å². The van der Waals surface area contributed by atoms with Gasteiger partial charge in [-0.15, -0.1) is 0 Å². The van der Waals surface area contributed by atoms with Gasteiger partial charge in [-0.05, 0) is 31.7 Å². The van der Waals surface area contributed by atoms with Gasteiger partial charge < -0.3 is 14.2 Å². The van der Waals surface area contributed by atoms with Crippen molar-refractivity contribution in [2.75, 3.05) is 39.4 Å². The first-order valence-corrected chi connectivity index (χ1v) is 8.67. The van der Waals surface area contributed by atoms with Gasteiger partial charge in [0.2, 0.25) is 0 Å². The molecule has 1 amide bonds. The lowest BCUT2D eigenvalue weighted by molar-refractivity contribution is 0.0402. The highest BCUT2D eigenvalue weighted by Crippen LogP contribution is 2.50. The van der Waals surface area contributed by atoms with Gasteiger partial charge in [0.1, 0.15) is 11.8 Å². The third kappa shape index (κ3) is 2.31. The van der Waals surface area contributed by atoms with Gasteiger partial charge in [-0.2, -0.15) is 0 Å². The van der Waals surface area contributed by atoms with Crippen LogP contribution in [0, 0.1) is 18.3 Å². The number of hydrogen-bond donors (Lipinski definition) is 0. The maximum absolute atomic E-state index is 12.6. The van der Waals surface area contributed by atoms with Crippen LogP contribution in [0.3, 0.4) is 0 Å². The van der Waals surface area contributed by atoms with E-state index in [0.717, 1.165) is 52.2 Å². The Morgan fingerprint density at radius 2 is 2.17 bits per heavy atom. The average molecular weight is 319 g/mol. The number of likely N-dealkylation sites (N-methyl/N-ethyl adjacent to an activating group) is 1. The number of aryl methyl sites for hydroxylation is 1. The molecule has 3 fully saturated rings. The quantitative estimate of drug-likeness (QED) is 0.828. The molecule has 0 N–H and O–H groups in total. The van der Waals surface area contributed by atoms with Crippen LogP contribution in [0.1, 0.15) is 35.8 Å². The van der Waals surface area contributed by atoms with Crippen LogP contribution in [0.5, 0.6) is 0 Å². The summed E-state index contributed by atoms with van der Waals surface area (Å²) >= 11 is 0. The van der Waals surface area contributed by atoms with E-state index in [2.05, 4.69) is 17.0 Å². The molecule has 0 radical (unpaired) electrons. The van der Waals surface area contributed by atoms with E-state index in [9.17, 15) is 4.79 Å². The minimum atomic E-state index is 0.0585. The molecule has 1 aromatic heterocycles. The fourth-order valence-corrected chi connectivity index (χ4v) is 4.83. The Morgan fingerprint density at radius 1 is 1.39 bits per heavy atom. The van der Waals surface area contributed by atoms with E-state index < -0.39 is 0 Å². The van der Waals surface area contributed by atoms with E-state index in [-0.39, 0.29) is 5.91 Å². The van der Waals surface area contributed by atoms with Gasteiger partial charge in [-0.1, -0.05) is 12.1 Å². The van der Waals surface area contributed by atoms with Gasteiger partial charge in [0.25, 0.3) is 5.91 Å². The highest BCUT2D eigenvalue weighted by molar-refractivity contribution is 5.94. The molecule has 23 heavy (non-hydrogen) atoms. The highest BCUT2D eigenvalue weighted by Gasteiger charge is 2.55. The van der Waals surface area contributed by atoms with Gasteiger partial charge >= 0.3 is 0 Å². The third-order valence-corrected chi connectivity index (χ3v) is 6.26. The highest BCUT2D eigenvalue weighted by atomic mass is 16.5. The molecule has 0 aliphatic carbocycles. The summed E-state index contributed by atoms with van der Waals surface area (Å²) in [6.07, 6.45) is 3.62. The van der Waals surface area contributed by atoms with Crippen molar-refractivity contribution < 1.29 is 14.1 Å². The molecule has 2 atom stereocenters. The van der Waals surface area contributed by atoms with E-state index in [1.165, 1.54) is 6.26 Å². The van der Waals surface area contributed by atoms with Crippen LogP contribution < -0.4 is 0 Å². The Kier molecular flexibility index (Phi) is 3.69. The second-order valence-corrected chi connectivity index (χ2v) is 7.24. The van der Waals surface area contributed by atoms with Gasteiger partial charge in [0.15, 0.2) is 0 Å². The number of carbonyl (C=O) groups is 1. The van der Waals surface area contributed by atoms with Crippen molar-refractivity contribution in [1.82, 2.24) is 15.0 Å². The maximum atomic E-state index is 12.6. The number of ether oxygens (including phenoxy) is 1. The normalized spacial score (nSPS) is 30.1. The molecule has 0 saturated carbocycles. The molecular formula is C17H25N3O3. The molecular weight excluding hydrogens is 294 g/mol. The Hall–Kier alpha value is -1.40. The SMILES string of the molecule is CCN1CC2(CCN(C(=O)c3conc3C)CC2)[C@H]2COC[C@H]21. The minimum Gasteiger partial charge on any atom is -0.379 e. The number of piperidine rings is 1. The smallest absolute Gasteiger partial charge is 0.259 e. The zero-order chi connectivity index (χ0) is 16.0. The minimum absolute atomic E-state index is 0.0585. The standard InChI is InChI=1S/C17H25N3O3/c1-3-19-11-17(14-9-22-10-15(14)19)4-6-20(7-5-17)16(21)13-8-23-18-12(13)2/h8,14-15H,3-7,9-11H2,1-2H3/t14-,15+/m0/s1. The first kappa shape index (κ1) is 15.1. The molecule has 3 aliphatic rings. The number of nitrogens with zero attached hydrogens (tertiary/aromatic N) is 3. The summed E-state index contributed by atoms with van der Waals surface area (Å²) in [5.41, 5.74) is 1.61. The molecule has 3 saturated heterocycles. The molecule has 126 valence electrons. The lowest BCUT2D eigenvalue weighted by Crippen LogP contribution is -2.47. The van der Waals surface area contributed by atoms with Gasteiger partial charge in [-0.25, -0.2) is 0 Å². The van der Waals surface area contributed by atoms with E-state index >= 15 is 0 Å².